The number of thiazole rings is 1. The van der Waals surface area contributed by atoms with Gasteiger partial charge in [0.2, 0.25) is 0 Å². The standard InChI is InChI=1S/C15H14N4OS3/c1-8-7-16-15(23-8)19-13(20)11-9(2)17-12(18-14(11)21-3)10-5-4-6-22-10/h4-7H,1-3H3,(H,16,19,20). The summed E-state index contributed by atoms with van der Waals surface area (Å²) in [5.74, 6) is 0.433. The number of hydrogen-bond acceptors (Lipinski definition) is 7. The number of anilines is 1. The number of nitrogens with one attached hydrogen (secondary N) is 1. The van der Waals surface area contributed by atoms with E-state index in [1.165, 1.54) is 23.1 Å². The maximum atomic E-state index is 12.6. The van der Waals surface area contributed by atoms with Gasteiger partial charge in [-0.2, -0.15) is 0 Å². The second-order valence-electron chi connectivity index (χ2n) is 4.72. The number of thiophene rings is 1. The highest BCUT2D eigenvalue weighted by atomic mass is 32.2. The molecule has 0 aromatic carbocycles. The molecule has 0 saturated carbocycles. The predicted octanol–water partition coefficient (Wildman–Crippen LogP) is 4.25. The second kappa shape index (κ2) is 6.77. The summed E-state index contributed by atoms with van der Waals surface area (Å²) >= 11 is 4.46. The van der Waals surface area contributed by atoms with Crippen molar-refractivity contribution in [2.45, 2.75) is 18.9 Å². The zero-order valence-electron chi connectivity index (χ0n) is 12.8. The van der Waals surface area contributed by atoms with Gasteiger partial charge in [0.15, 0.2) is 11.0 Å². The minimum Gasteiger partial charge on any atom is -0.298 e. The molecular formula is C15H14N4OS3. The monoisotopic (exact) mass is 362 g/mol. The molecule has 0 spiro atoms. The molecule has 0 aliphatic heterocycles. The van der Waals surface area contributed by atoms with Crippen molar-refractivity contribution in [3.8, 4) is 10.7 Å². The highest BCUT2D eigenvalue weighted by molar-refractivity contribution is 7.98. The van der Waals surface area contributed by atoms with Crippen LogP contribution in [0, 0.1) is 13.8 Å². The summed E-state index contributed by atoms with van der Waals surface area (Å²) in [5, 5.41) is 6.07. The highest BCUT2D eigenvalue weighted by Crippen LogP contribution is 2.28. The predicted molar refractivity (Wildman–Crippen MR) is 96.7 cm³/mol. The van der Waals surface area contributed by atoms with E-state index in [0.717, 1.165) is 9.75 Å². The van der Waals surface area contributed by atoms with Crippen LogP contribution in [0.15, 0.2) is 28.7 Å². The summed E-state index contributed by atoms with van der Waals surface area (Å²) in [6.45, 7) is 3.78. The van der Waals surface area contributed by atoms with Crippen molar-refractivity contribution in [2.75, 3.05) is 11.6 Å². The first kappa shape index (κ1) is 16.1. The molecule has 1 amide bonds. The Morgan fingerprint density at radius 2 is 2.13 bits per heavy atom. The van der Waals surface area contributed by atoms with Crippen LogP contribution in [0.1, 0.15) is 20.9 Å². The molecule has 3 rings (SSSR count). The number of carbonyl (C=O) groups is 1. The van der Waals surface area contributed by atoms with Crippen LogP contribution in [-0.2, 0) is 0 Å². The maximum absolute atomic E-state index is 12.6. The lowest BCUT2D eigenvalue weighted by Crippen LogP contribution is -2.16. The molecule has 0 saturated heterocycles. The van der Waals surface area contributed by atoms with Gasteiger partial charge in [0, 0.05) is 11.1 Å². The van der Waals surface area contributed by atoms with Crippen molar-refractivity contribution in [3.63, 3.8) is 0 Å². The van der Waals surface area contributed by atoms with Gasteiger partial charge in [-0.25, -0.2) is 15.0 Å². The number of carbonyl (C=O) groups excluding carboxylic acids is 1. The van der Waals surface area contributed by atoms with Crippen molar-refractivity contribution in [3.05, 3.63) is 39.8 Å². The van der Waals surface area contributed by atoms with Gasteiger partial charge in [-0.15, -0.1) is 34.4 Å². The van der Waals surface area contributed by atoms with Gasteiger partial charge in [-0.3, -0.25) is 10.1 Å². The molecule has 8 heteroatoms. The molecular weight excluding hydrogens is 348 g/mol. The number of nitrogens with zero attached hydrogens (tertiary/aromatic N) is 3. The van der Waals surface area contributed by atoms with Gasteiger partial charge in [0.25, 0.3) is 5.91 Å². The van der Waals surface area contributed by atoms with E-state index in [-0.39, 0.29) is 5.91 Å². The van der Waals surface area contributed by atoms with Crippen LogP contribution in [0.2, 0.25) is 0 Å². The van der Waals surface area contributed by atoms with Crippen molar-refractivity contribution < 1.29 is 4.79 Å². The van der Waals surface area contributed by atoms with Crippen molar-refractivity contribution in [2.24, 2.45) is 0 Å². The Balaban J connectivity index is 1.96. The van der Waals surface area contributed by atoms with Gasteiger partial charge >= 0.3 is 0 Å². The molecule has 1 N–H and O–H groups in total. The molecule has 0 aliphatic rings. The van der Waals surface area contributed by atoms with Gasteiger partial charge in [-0.1, -0.05) is 6.07 Å². The lowest BCUT2D eigenvalue weighted by molar-refractivity contribution is 0.102. The Bertz CT molecular complexity index is 843. The van der Waals surface area contributed by atoms with Crippen molar-refractivity contribution in [1.82, 2.24) is 15.0 Å². The minimum absolute atomic E-state index is 0.223. The van der Waals surface area contributed by atoms with Crippen LogP contribution in [0.5, 0.6) is 0 Å². The Labute approximate surface area is 146 Å². The molecule has 0 atom stereocenters. The second-order valence-corrected chi connectivity index (χ2v) is 7.70. The Hall–Kier alpha value is -1.77. The summed E-state index contributed by atoms with van der Waals surface area (Å²) in [4.78, 5) is 27.8. The number of hydrogen-bond donors (Lipinski definition) is 1. The Kier molecular flexibility index (Phi) is 4.74. The summed E-state index contributed by atoms with van der Waals surface area (Å²) in [6.07, 6.45) is 3.64. The van der Waals surface area contributed by atoms with Gasteiger partial charge in [0.05, 0.1) is 16.1 Å². The molecule has 23 heavy (non-hydrogen) atoms. The zero-order valence-corrected chi connectivity index (χ0v) is 15.2. The summed E-state index contributed by atoms with van der Waals surface area (Å²) in [6, 6.07) is 3.94. The maximum Gasteiger partial charge on any atom is 0.262 e. The lowest BCUT2D eigenvalue weighted by atomic mass is 10.2. The number of amides is 1. The Morgan fingerprint density at radius 1 is 1.30 bits per heavy atom. The third-order valence-electron chi connectivity index (χ3n) is 3.06. The van der Waals surface area contributed by atoms with E-state index in [0.29, 0.717) is 27.2 Å². The Morgan fingerprint density at radius 3 is 2.74 bits per heavy atom. The molecule has 0 unspecified atom stereocenters. The SMILES string of the molecule is CSc1nc(-c2cccs2)nc(C)c1C(=O)Nc1ncc(C)s1. The van der Waals surface area contributed by atoms with E-state index in [4.69, 9.17) is 0 Å². The molecule has 5 nitrogen and oxygen atoms in total. The van der Waals surface area contributed by atoms with Crippen LogP contribution in [-0.4, -0.2) is 27.1 Å². The smallest absolute Gasteiger partial charge is 0.262 e. The number of aryl methyl sites for hydroxylation is 2. The van der Waals surface area contributed by atoms with E-state index in [2.05, 4.69) is 20.3 Å². The fraction of sp³-hybridized carbons (Fsp3) is 0.200. The first-order valence-electron chi connectivity index (χ1n) is 6.78. The quantitative estimate of drug-likeness (QED) is 0.555. The molecule has 0 aliphatic carbocycles. The largest absolute Gasteiger partial charge is 0.298 e. The molecule has 3 heterocycles. The van der Waals surface area contributed by atoms with E-state index >= 15 is 0 Å². The lowest BCUT2D eigenvalue weighted by Gasteiger charge is -2.10. The number of thioether (sulfide) groups is 1. The fourth-order valence-electron chi connectivity index (χ4n) is 2.04. The summed E-state index contributed by atoms with van der Waals surface area (Å²) < 4.78 is 0. The van der Waals surface area contributed by atoms with E-state index < -0.39 is 0 Å². The molecule has 3 aromatic heterocycles. The normalized spacial score (nSPS) is 10.7. The first-order chi connectivity index (χ1) is 11.1. The van der Waals surface area contributed by atoms with E-state index in [9.17, 15) is 4.79 Å². The average Bonchev–Trinajstić information content (AvgIpc) is 3.18. The zero-order chi connectivity index (χ0) is 16.4. The first-order valence-corrected chi connectivity index (χ1v) is 9.71. The van der Waals surface area contributed by atoms with Crippen molar-refractivity contribution >= 4 is 45.5 Å². The molecule has 0 radical (unpaired) electrons. The van der Waals surface area contributed by atoms with Crippen LogP contribution in [0.25, 0.3) is 10.7 Å². The van der Waals surface area contributed by atoms with Crippen molar-refractivity contribution in [1.29, 1.82) is 0 Å². The number of aromatic nitrogens is 3. The third kappa shape index (κ3) is 3.44. The molecule has 0 fully saturated rings. The molecule has 0 bridgehead atoms. The van der Waals surface area contributed by atoms with Crippen LogP contribution < -0.4 is 5.32 Å². The minimum atomic E-state index is -0.223. The van der Waals surface area contributed by atoms with E-state index in [1.54, 1.807) is 17.5 Å². The molecule has 118 valence electrons. The van der Waals surface area contributed by atoms with Crippen LogP contribution in [0.3, 0.4) is 0 Å². The van der Waals surface area contributed by atoms with E-state index in [1.807, 2.05) is 37.6 Å². The molecule has 3 aromatic rings. The van der Waals surface area contributed by atoms with Crippen LogP contribution in [0.4, 0.5) is 5.13 Å². The highest BCUT2D eigenvalue weighted by Gasteiger charge is 2.20. The summed E-state index contributed by atoms with van der Waals surface area (Å²) in [5.41, 5.74) is 1.17. The van der Waals surface area contributed by atoms with Gasteiger partial charge < -0.3 is 0 Å². The summed E-state index contributed by atoms with van der Waals surface area (Å²) in [7, 11) is 0. The number of rotatable bonds is 4. The average molecular weight is 363 g/mol. The fourth-order valence-corrected chi connectivity index (χ4v) is 3.98. The topological polar surface area (TPSA) is 67.8 Å². The van der Waals surface area contributed by atoms with Gasteiger partial charge in [0.1, 0.15) is 5.03 Å². The van der Waals surface area contributed by atoms with Gasteiger partial charge in [-0.05, 0) is 31.5 Å². The third-order valence-corrected chi connectivity index (χ3v) is 5.44. The van der Waals surface area contributed by atoms with Crippen LogP contribution >= 0.6 is 34.4 Å².